The summed E-state index contributed by atoms with van der Waals surface area (Å²) in [6.45, 7) is 2.23. The van der Waals surface area contributed by atoms with Gasteiger partial charge in [0.15, 0.2) is 5.76 Å². The average molecular weight is 290 g/mol. The fourth-order valence-corrected chi connectivity index (χ4v) is 2.26. The van der Waals surface area contributed by atoms with Gasteiger partial charge in [-0.05, 0) is 43.0 Å². The van der Waals surface area contributed by atoms with Crippen molar-refractivity contribution in [1.82, 2.24) is 5.32 Å². The van der Waals surface area contributed by atoms with Crippen molar-refractivity contribution in [2.45, 2.75) is 24.4 Å². The Bertz CT molecular complexity index is 578. The first-order valence-corrected chi connectivity index (χ1v) is 7.60. The summed E-state index contributed by atoms with van der Waals surface area (Å²) in [5.74, 6) is 0.663. The van der Waals surface area contributed by atoms with Crippen LogP contribution in [0.3, 0.4) is 0 Å². The number of carbonyl (C=O) groups is 1. The van der Waals surface area contributed by atoms with Gasteiger partial charge in [-0.25, -0.2) is 0 Å². The molecule has 0 spiro atoms. The summed E-state index contributed by atoms with van der Waals surface area (Å²) in [6.07, 6.45) is 2.03. The highest BCUT2D eigenvalue weighted by atomic mass is 32.2. The van der Waals surface area contributed by atoms with E-state index in [1.165, 1.54) is 4.90 Å². The van der Waals surface area contributed by atoms with E-state index in [1.807, 2.05) is 37.4 Å². The Morgan fingerprint density at radius 1 is 1.30 bits per heavy atom. The van der Waals surface area contributed by atoms with E-state index in [0.29, 0.717) is 12.3 Å². The summed E-state index contributed by atoms with van der Waals surface area (Å²) in [5.41, 5.74) is 6.51. The van der Waals surface area contributed by atoms with Crippen LogP contribution in [0.2, 0.25) is 0 Å². The van der Waals surface area contributed by atoms with Crippen molar-refractivity contribution in [2.24, 2.45) is 5.73 Å². The third-order valence-electron chi connectivity index (χ3n) is 3.05. The molecule has 0 saturated heterocycles. The van der Waals surface area contributed by atoms with Crippen LogP contribution >= 0.6 is 11.8 Å². The van der Waals surface area contributed by atoms with Crippen LogP contribution in [0, 0.1) is 0 Å². The van der Waals surface area contributed by atoms with Gasteiger partial charge in [0, 0.05) is 4.90 Å². The van der Waals surface area contributed by atoms with Gasteiger partial charge in [-0.3, -0.25) is 4.79 Å². The summed E-state index contributed by atoms with van der Waals surface area (Å²) < 4.78 is 5.33. The van der Waals surface area contributed by atoms with E-state index in [4.69, 9.17) is 10.2 Å². The predicted octanol–water partition coefficient (Wildman–Crippen LogP) is 2.95. The van der Waals surface area contributed by atoms with Crippen LogP contribution < -0.4 is 11.1 Å². The number of hydrogen-bond donors (Lipinski definition) is 2. The van der Waals surface area contributed by atoms with Gasteiger partial charge in [-0.2, -0.15) is 0 Å². The number of furan rings is 1. The number of carbonyl (C=O) groups excluding carboxylic acids is 1. The molecule has 0 aliphatic heterocycles. The molecule has 1 aromatic heterocycles. The van der Waals surface area contributed by atoms with Gasteiger partial charge in [-0.15, -0.1) is 11.8 Å². The van der Waals surface area contributed by atoms with Gasteiger partial charge >= 0.3 is 0 Å². The maximum atomic E-state index is 12.0. The van der Waals surface area contributed by atoms with Crippen LogP contribution in [0.4, 0.5) is 0 Å². The molecule has 0 fully saturated rings. The van der Waals surface area contributed by atoms with Gasteiger partial charge in [-0.1, -0.05) is 12.1 Å². The van der Waals surface area contributed by atoms with Gasteiger partial charge in [0.1, 0.15) is 5.76 Å². The van der Waals surface area contributed by atoms with Crippen molar-refractivity contribution in [1.29, 1.82) is 0 Å². The molecule has 1 heterocycles. The second-order valence-corrected chi connectivity index (χ2v) is 5.32. The number of rotatable bonds is 5. The van der Waals surface area contributed by atoms with E-state index in [1.54, 1.807) is 23.9 Å². The lowest BCUT2D eigenvalue weighted by Gasteiger charge is -2.13. The Labute approximate surface area is 122 Å². The summed E-state index contributed by atoms with van der Waals surface area (Å²) in [5, 5.41) is 2.91. The van der Waals surface area contributed by atoms with Crippen molar-refractivity contribution in [3.63, 3.8) is 0 Å². The van der Waals surface area contributed by atoms with Crippen LogP contribution in [-0.2, 0) is 6.54 Å². The van der Waals surface area contributed by atoms with E-state index in [0.717, 1.165) is 5.56 Å². The molecule has 1 amide bonds. The predicted molar refractivity (Wildman–Crippen MR) is 80.7 cm³/mol. The summed E-state index contributed by atoms with van der Waals surface area (Å²) in [4.78, 5) is 13.2. The zero-order valence-corrected chi connectivity index (χ0v) is 12.4. The minimum absolute atomic E-state index is 0.0789. The Morgan fingerprint density at radius 2 is 2.00 bits per heavy atom. The lowest BCUT2D eigenvalue weighted by Crippen LogP contribution is -2.26. The van der Waals surface area contributed by atoms with E-state index >= 15 is 0 Å². The second-order valence-electron chi connectivity index (χ2n) is 4.44. The van der Waals surface area contributed by atoms with Crippen LogP contribution in [-0.4, -0.2) is 12.2 Å². The number of benzene rings is 1. The normalized spacial score (nSPS) is 12.2. The van der Waals surface area contributed by atoms with Gasteiger partial charge in [0.05, 0.1) is 12.6 Å². The first-order chi connectivity index (χ1) is 9.63. The fraction of sp³-hybridized carbons (Fsp3) is 0.267. The molecule has 2 aromatic rings. The topological polar surface area (TPSA) is 68.3 Å². The second kappa shape index (κ2) is 6.63. The zero-order valence-electron chi connectivity index (χ0n) is 11.6. The summed E-state index contributed by atoms with van der Waals surface area (Å²) in [7, 11) is 0. The largest absolute Gasteiger partial charge is 0.455 e. The van der Waals surface area contributed by atoms with Gasteiger partial charge < -0.3 is 15.5 Å². The summed E-state index contributed by atoms with van der Waals surface area (Å²) >= 11 is 1.69. The molecule has 0 radical (unpaired) electrons. The zero-order chi connectivity index (χ0) is 14.5. The lowest BCUT2D eigenvalue weighted by molar-refractivity contribution is 0.0910. The molecule has 0 aliphatic carbocycles. The Kier molecular flexibility index (Phi) is 4.87. The van der Waals surface area contributed by atoms with Gasteiger partial charge in [0.2, 0.25) is 0 Å². The number of hydrogen-bond acceptors (Lipinski definition) is 4. The van der Waals surface area contributed by atoms with Crippen molar-refractivity contribution in [2.75, 3.05) is 6.26 Å². The van der Waals surface area contributed by atoms with E-state index in [-0.39, 0.29) is 17.7 Å². The van der Waals surface area contributed by atoms with Crippen molar-refractivity contribution < 1.29 is 9.21 Å². The smallest absolute Gasteiger partial charge is 0.287 e. The Balaban J connectivity index is 2.02. The number of nitrogens with one attached hydrogen (secondary N) is 1. The van der Waals surface area contributed by atoms with Crippen LogP contribution in [0.5, 0.6) is 0 Å². The Hall–Kier alpha value is -1.72. The van der Waals surface area contributed by atoms with Crippen LogP contribution in [0.25, 0.3) is 0 Å². The average Bonchev–Trinajstić information content (AvgIpc) is 2.96. The molecule has 5 heteroatoms. The molecular weight excluding hydrogens is 272 g/mol. The SMILES string of the molecule is CSc1ccc(C(C)NC(=O)c2ccc(CN)o2)cc1. The highest BCUT2D eigenvalue weighted by Crippen LogP contribution is 2.19. The molecule has 3 N–H and O–H groups in total. The van der Waals surface area contributed by atoms with Crippen molar-refractivity contribution in [3.05, 3.63) is 53.5 Å². The first-order valence-electron chi connectivity index (χ1n) is 6.37. The van der Waals surface area contributed by atoms with Crippen LogP contribution in [0.15, 0.2) is 45.7 Å². The maximum absolute atomic E-state index is 12.0. The summed E-state index contributed by atoms with van der Waals surface area (Å²) in [6, 6.07) is 11.4. The molecule has 0 bridgehead atoms. The molecular formula is C15H18N2O2S. The lowest BCUT2D eigenvalue weighted by atomic mass is 10.1. The monoisotopic (exact) mass is 290 g/mol. The third-order valence-corrected chi connectivity index (χ3v) is 3.79. The quantitative estimate of drug-likeness (QED) is 0.831. The maximum Gasteiger partial charge on any atom is 0.287 e. The minimum Gasteiger partial charge on any atom is -0.455 e. The third kappa shape index (κ3) is 3.43. The van der Waals surface area contributed by atoms with Crippen LogP contribution in [0.1, 0.15) is 34.8 Å². The van der Waals surface area contributed by atoms with Crippen molar-refractivity contribution in [3.8, 4) is 0 Å². The molecule has 0 aliphatic rings. The van der Waals surface area contributed by atoms with E-state index < -0.39 is 0 Å². The molecule has 20 heavy (non-hydrogen) atoms. The molecule has 4 nitrogen and oxygen atoms in total. The molecule has 2 rings (SSSR count). The first kappa shape index (κ1) is 14.7. The molecule has 1 unspecified atom stereocenters. The number of amides is 1. The minimum atomic E-state index is -0.230. The Morgan fingerprint density at radius 3 is 2.55 bits per heavy atom. The van der Waals surface area contributed by atoms with Gasteiger partial charge in [0.25, 0.3) is 5.91 Å². The highest BCUT2D eigenvalue weighted by molar-refractivity contribution is 7.98. The van der Waals surface area contributed by atoms with Crippen molar-refractivity contribution >= 4 is 17.7 Å². The molecule has 0 saturated carbocycles. The highest BCUT2D eigenvalue weighted by Gasteiger charge is 2.14. The fourth-order valence-electron chi connectivity index (χ4n) is 1.85. The van der Waals surface area contributed by atoms with E-state index in [9.17, 15) is 4.79 Å². The van der Waals surface area contributed by atoms with E-state index in [2.05, 4.69) is 5.32 Å². The molecule has 106 valence electrons. The molecule has 1 atom stereocenters. The number of thioether (sulfide) groups is 1. The number of nitrogens with two attached hydrogens (primary N) is 1. The standard InChI is InChI=1S/C15H18N2O2S/c1-10(11-3-6-13(20-2)7-4-11)17-15(18)14-8-5-12(9-16)19-14/h3-8,10H,9,16H2,1-2H3,(H,17,18). The molecule has 1 aromatic carbocycles.